The first-order valence-corrected chi connectivity index (χ1v) is 7.78. The molecule has 0 aliphatic carbocycles. The smallest absolute Gasteiger partial charge is 0.335 e. The van der Waals surface area contributed by atoms with Crippen molar-refractivity contribution in [1.29, 1.82) is 0 Å². The van der Waals surface area contributed by atoms with Crippen LogP contribution in [0.5, 0.6) is 0 Å². The molecule has 0 bridgehead atoms. The van der Waals surface area contributed by atoms with Crippen LogP contribution in [0.2, 0.25) is 0 Å². The van der Waals surface area contributed by atoms with E-state index >= 15 is 0 Å². The SMILES string of the molecule is CCOP(=O)(Cc1ccc(N=C(N)N)cc1)OCC. The normalized spacial score (nSPS) is 11.3. The maximum Gasteiger partial charge on any atom is 0.335 e. The Balaban J connectivity index is 2.80. The van der Waals surface area contributed by atoms with Crippen LogP contribution >= 0.6 is 7.60 Å². The molecule has 0 amide bonds. The third kappa shape index (κ3) is 5.42. The minimum absolute atomic E-state index is 0.00190. The minimum Gasteiger partial charge on any atom is -0.370 e. The number of aliphatic imine (C=N–C) groups is 1. The molecule has 1 rings (SSSR count). The lowest BCUT2D eigenvalue weighted by Gasteiger charge is -2.16. The largest absolute Gasteiger partial charge is 0.370 e. The van der Waals surface area contributed by atoms with Gasteiger partial charge in [0.1, 0.15) is 0 Å². The van der Waals surface area contributed by atoms with Crippen LogP contribution in [0.4, 0.5) is 5.69 Å². The number of rotatable bonds is 7. The molecule has 0 aliphatic heterocycles. The van der Waals surface area contributed by atoms with Crippen LogP contribution < -0.4 is 11.5 Å². The number of nitrogens with two attached hydrogens (primary N) is 2. The van der Waals surface area contributed by atoms with Gasteiger partial charge in [-0.1, -0.05) is 12.1 Å². The van der Waals surface area contributed by atoms with Gasteiger partial charge in [-0.05, 0) is 31.5 Å². The Bertz CT molecular complexity index is 460. The van der Waals surface area contributed by atoms with Gasteiger partial charge in [-0.25, -0.2) is 4.99 Å². The Morgan fingerprint density at radius 3 is 2.11 bits per heavy atom. The summed E-state index contributed by atoms with van der Waals surface area (Å²) in [6.45, 7) is 4.27. The van der Waals surface area contributed by atoms with E-state index in [4.69, 9.17) is 20.5 Å². The lowest BCUT2D eigenvalue weighted by Crippen LogP contribution is -2.21. The predicted octanol–water partition coefficient (Wildman–Crippen LogP) is 2.36. The summed E-state index contributed by atoms with van der Waals surface area (Å²) < 4.78 is 22.8. The van der Waals surface area contributed by atoms with Gasteiger partial charge in [0.25, 0.3) is 0 Å². The number of nitrogens with zero attached hydrogens (tertiary/aromatic N) is 1. The average Bonchev–Trinajstić information content (AvgIpc) is 2.31. The van der Waals surface area contributed by atoms with E-state index in [1.165, 1.54) is 0 Å². The van der Waals surface area contributed by atoms with Crippen molar-refractivity contribution >= 4 is 19.2 Å². The Labute approximate surface area is 113 Å². The molecule has 6 nitrogen and oxygen atoms in total. The predicted molar refractivity (Wildman–Crippen MR) is 76.5 cm³/mol. The molecule has 0 fully saturated rings. The summed E-state index contributed by atoms with van der Waals surface area (Å²) in [5, 5.41) is 0. The zero-order chi connectivity index (χ0) is 14.3. The third-order valence-electron chi connectivity index (χ3n) is 2.22. The van der Waals surface area contributed by atoms with Gasteiger partial charge in [0.2, 0.25) is 0 Å². The van der Waals surface area contributed by atoms with E-state index in [9.17, 15) is 4.57 Å². The molecule has 0 saturated heterocycles. The van der Waals surface area contributed by atoms with Crippen molar-refractivity contribution in [2.45, 2.75) is 20.0 Å². The molecule has 7 heteroatoms. The Morgan fingerprint density at radius 2 is 1.68 bits per heavy atom. The standard InChI is InChI=1S/C12H20N3O3P/c1-3-17-19(16,18-4-2)9-10-5-7-11(8-6-10)15-12(13)14/h5-8H,3-4,9H2,1-2H3,(H4,13,14,15). The maximum absolute atomic E-state index is 12.3. The highest BCUT2D eigenvalue weighted by Gasteiger charge is 2.23. The van der Waals surface area contributed by atoms with Crippen molar-refractivity contribution in [3.8, 4) is 0 Å². The quantitative estimate of drug-likeness (QED) is 0.455. The molecule has 0 saturated carbocycles. The first kappa shape index (κ1) is 15.7. The van der Waals surface area contributed by atoms with Crippen molar-refractivity contribution in [3.05, 3.63) is 29.8 Å². The maximum atomic E-state index is 12.3. The molecule has 1 aromatic carbocycles. The monoisotopic (exact) mass is 285 g/mol. The second kappa shape index (κ2) is 7.28. The zero-order valence-corrected chi connectivity index (χ0v) is 12.1. The summed E-state index contributed by atoms with van der Waals surface area (Å²) in [5.74, 6) is 0.00190. The van der Waals surface area contributed by atoms with Crippen LogP contribution in [0.3, 0.4) is 0 Å². The van der Waals surface area contributed by atoms with Crippen LogP contribution in [0.1, 0.15) is 19.4 Å². The second-order valence-corrected chi connectivity index (χ2v) is 5.86. The van der Waals surface area contributed by atoms with E-state index in [1.54, 1.807) is 38.1 Å². The lowest BCUT2D eigenvalue weighted by molar-refractivity contribution is 0.219. The molecule has 0 aromatic heterocycles. The molecule has 1 aromatic rings. The van der Waals surface area contributed by atoms with Gasteiger partial charge in [-0.3, -0.25) is 4.57 Å². The molecule has 4 N–H and O–H groups in total. The molecule has 0 unspecified atom stereocenters. The van der Waals surface area contributed by atoms with Crippen molar-refractivity contribution in [2.75, 3.05) is 13.2 Å². The van der Waals surface area contributed by atoms with Gasteiger partial charge in [-0.2, -0.15) is 0 Å². The van der Waals surface area contributed by atoms with Gasteiger partial charge in [0.05, 0.1) is 25.1 Å². The fourth-order valence-electron chi connectivity index (χ4n) is 1.57. The van der Waals surface area contributed by atoms with Crippen molar-refractivity contribution in [3.63, 3.8) is 0 Å². The van der Waals surface area contributed by atoms with Gasteiger partial charge < -0.3 is 20.5 Å². The molecule has 106 valence electrons. The summed E-state index contributed by atoms with van der Waals surface area (Å²) in [6, 6.07) is 7.09. The number of hydrogen-bond donors (Lipinski definition) is 2. The van der Waals surface area contributed by atoms with E-state index in [-0.39, 0.29) is 12.1 Å². The molecule has 0 spiro atoms. The highest BCUT2D eigenvalue weighted by Crippen LogP contribution is 2.51. The topological polar surface area (TPSA) is 99.9 Å². The molecular formula is C12H20N3O3P. The van der Waals surface area contributed by atoms with Crippen molar-refractivity contribution in [2.24, 2.45) is 16.5 Å². The summed E-state index contributed by atoms with van der Waals surface area (Å²) in [4.78, 5) is 3.91. The Hall–Kier alpha value is -1.36. The number of hydrogen-bond acceptors (Lipinski definition) is 4. The van der Waals surface area contributed by atoms with Crippen LogP contribution in [-0.4, -0.2) is 19.2 Å². The highest BCUT2D eigenvalue weighted by atomic mass is 31.2. The van der Waals surface area contributed by atoms with Crippen LogP contribution in [0, 0.1) is 0 Å². The summed E-state index contributed by atoms with van der Waals surface area (Å²) in [6.07, 6.45) is 0.233. The van der Waals surface area contributed by atoms with Crippen LogP contribution in [0.15, 0.2) is 29.3 Å². The molecular weight excluding hydrogens is 265 g/mol. The molecule has 0 radical (unpaired) electrons. The van der Waals surface area contributed by atoms with Gasteiger partial charge in [-0.15, -0.1) is 0 Å². The first-order valence-electron chi connectivity index (χ1n) is 6.05. The van der Waals surface area contributed by atoms with Crippen LogP contribution in [-0.2, 0) is 19.8 Å². The number of guanidine groups is 1. The fraction of sp³-hybridized carbons (Fsp3) is 0.417. The summed E-state index contributed by atoms with van der Waals surface area (Å²) in [7, 11) is -3.07. The van der Waals surface area contributed by atoms with E-state index in [1.807, 2.05) is 0 Å². The summed E-state index contributed by atoms with van der Waals surface area (Å²) in [5.41, 5.74) is 12.1. The fourth-order valence-corrected chi connectivity index (χ4v) is 3.27. The minimum atomic E-state index is -3.07. The van der Waals surface area contributed by atoms with Crippen molar-refractivity contribution < 1.29 is 13.6 Å². The highest BCUT2D eigenvalue weighted by molar-refractivity contribution is 7.53. The van der Waals surface area contributed by atoms with E-state index < -0.39 is 7.60 Å². The molecule has 19 heavy (non-hydrogen) atoms. The van der Waals surface area contributed by atoms with Crippen LogP contribution in [0.25, 0.3) is 0 Å². The Morgan fingerprint density at radius 1 is 1.16 bits per heavy atom. The van der Waals surface area contributed by atoms with E-state index in [2.05, 4.69) is 4.99 Å². The number of benzene rings is 1. The summed E-state index contributed by atoms with van der Waals surface area (Å²) >= 11 is 0. The third-order valence-corrected chi connectivity index (χ3v) is 4.28. The zero-order valence-electron chi connectivity index (χ0n) is 11.2. The molecule has 0 atom stereocenters. The molecule has 0 aliphatic rings. The lowest BCUT2D eigenvalue weighted by atomic mass is 10.2. The van der Waals surface area contributed by atoms with Gasteiger partial charge in [0.15, 0.2) is 5.96 Å². The Kier molecular flexibility index (Phi) is 6.02. The van der Waals surface area contributed by atoms with E-state index in [0.29, 0.717) is 18.9 Å². The molecule has 0 heterocycles. The van der Waals surface area contributed by atoms with Gasteiger partial charge >= 0.3 is 7.60 Å². The van der Waals surface area contributed by atoms with Crippen molar-refractivity contribution in [1.82, 2.24) is 0 Å². The second-order valence-electron chi connectivity index (χ2n) is 3.81. The average molecular weight is 285 g/mol. The van der Waals surface area contributed by atoms with Gasteiger partial charge in [0, 0.05) is 0 Å². The van der Waals surface area contributed by atoms with E-state index in [0.717, 1.165) is 5.56 Å². The first-order chi connectivity index (χ1) is 8.99.